The van der Waals surface area contributed by atoms with Crippen LogP contribution in [0.2, 0.25) is 0 Å². The lowest BCUT2D eigenvalue weighted by Gasteiger charge is -2.32. The van der Waals surface area contributed by atoms with E-state index in [1.807, 2.05) is 0 Å². The number of nitrogens with zero attached hydrogens (tertiary/aromatic N) is 1. The lowest BCUT2D eigenvalue weighted by molar-refractivity contribution is -0.274. The lowest BCUT2D eigenvalue weighted by Crippen LogP contribution is -2.43. The van der Waals surface area contributed by atoms with Gasteiger partial charge in [-0.1, -0.05) is 24.3 Å². The number of amides is 1. The SMILES string of the molecule is O=C(NC1CCN(P(=O)(O)Cl)CC1)c1cccc(-c2cccc(OC(F)(F)F)c2)c1. The highest BCUT2D eigenvalue weighted by atomic mass is 35.7. The Balaban J connectivity index is 1.68. The second-order valence-corrected chi connectivity index (χ2v) is 9.66. The molecule has 0 aliphatic carbocycles. The van der Waals surface area contributed by atoms with E-state index in [1.165, 1.54) is 22.9 Å². The number of hydrogen-bond acceptors (Lipinski definition) is 3. The van der Waals surface area contributed by atoms with Crippen LogP contribution in [0.4, 0.5) is 13.2 Å². The predicted molar refractivity (Wildman–Crippen MR) is 106 cm³/mol. The Morgan fingerprint density at radius 3 is 2.33 bits per heavy atom. The second-order valence-electron chi connectivity index (χ2n) is 6.83. The van der Waals surface area contributed by atoms with Crippen molar-refractivity contribution in [2.45, 2.75) is 25.2 Å². The van der Waals surface area contributed by atoms with E-state index < -0.39 is 13.2 Å². The van der Waals surface area contributed by atoms with Crippen molar-refractivity contribution >= 4 is 24.0 Å². The molecule has 0 radical (unpaired) electrons. The Morgan fingerprint density at radius 1 is 1.13 bits per heavy atom. The fourth-order valence-electron chi connectivity index (χ4n) is 3.24. The summed E-state index contributed by atoms with van der Waals surface area (Å²) in [4.78, 5) is 22.0. The molecule has 0 saturated carbocycles. The van der Waals surface area contributed by atoms with Gasteiger partial charge in [0.05, 0.1) is 0 Å². The minimum absolute atomic E-state index is 0.177. The Morgan fingerprint density at radius 2 is 1.73 bits per heavy atom. The first-order valence-electron chi connectivity index (χ1n) is 9.06. The molecule has 1 heterocycles. The fourth-order valence-corrected chi connectivity index (χ4v) is 4.42. The van der Waals surface area contributed by atoms with Gasteiger partial charge in [0.1, 0.15) is 5.75 Å². The van der Waals surface area contributed by atoms with Crippen molar-refractivity contribution in [3.05, 3.63) is 54.1 Å². The van der Waals surface area contributed by atoms with Crippen molar-refractivity contribution in [3.63, 3.8) is 0 Å². The number of ether oxygens (including phenoxy) is 1. The van der Waals surface area contributed by atoms with Gasteiger partial charge < -0.3 is 14.9 Å². The van der Waals surface area contributed by atoms with Gasteiger partial charge in [0.2, 0.25) is 0 Å². The quantitative estimate of drug-likeness (QED) is 0.625. The Bertz CT molecular complexity index is 959. The van der Waals surface area contributed by atoms with Gasteiger partial charge in [0, 0.05) is 24.7 Å². The molecule has 2 N–H and O–H groups in total. The maximum Gasteiger partial charge on any atom is 0.573 e. The number of halogens is 4. The number of nitrogens with one attached hydrogen (secondary N) is 1. The average molecular weight is 463 g/mol. The van der Waals surface area contributed by atoms with Gasteiger partial charge in [0.15, 0.2) is 0 Å². The smallest absolute Gasteiger partial charge is 0.406 e. The molecule has 1 aliphatic rings. The van der Waals surface area contributed by atoms with E-state index in [4.69, 9.17) is 11.2 Å². The van der Waals surface area contributed by atoms with Crippen molar-refractivity contribution < 1.29 is 32.2 Å². The average Bonchev–Trinajstić information content (AvgIpc) is 2.67. The molecule has 11 heteroatoms. The molecule has 2 aromatic carbocycles. The van der Waals surface area contributed by atoms with Gasteiger partial charge in [-0.2, -0.15) is 0 Å². The van der Waals surface area contributed by atoms with E-state index >= 15 is 0 Å². The number of piperidine rings is 1. The van der Waals surface area contributed by atoms with E-state index in [1.54, 1.807) is 30.3 Å². The van der Waals surface area contributed by atoms with Crippen LogP contribution in [0, 0.1) is 0 Å². The van der Waals surface area contributed by atoms with Crippen molar-refractivity contribution in [1.29, 1.82) is 0 Å². The first-order valence-corrected chi connectivity index (χ1v) is 11.6. The predicted octanol–water partition coefficient (Wildman–Crippen LogP) is 4.79. The second kappa shape index (κ2) is 8.98. The molecule has 1 unspecified atom stereocenters. The molecule has 1 amide bonds. The summed E-state index contributed by atoms with van der Waals surface area (Å²) in [6, 6.07) is 11.8. The van der Waals surface area contributed by atoms with E-state index in [0.717, 1.165) is 0 Å². The summed E-state index contributed by atoms with van der Waals surface area (Å²) in [5.74, 6) is -0.682. The lowest BCUT2D eigenvalue weighted by atomic mass is 10.0. The number of hydrogen-bond donors (Lipinski definition) is 2. The number of benzene rings is 2. The molecule has 3 rings (SSSR count). The van der Waals surface area contributed by atoms with Crippen molar-refractivity contribution in [2.24, 2.45) is 0 Å². The summed E-state index contributed by atoms with van der Waals surface area (Å²) in [5, 5.41) is 2.87. The van der Waals surface area contributed by atoms with Gasteiger partial charge in [-0.25, -0.2) is 4.67 Å². The topological polar surface area (TPSA) is 78.9 Å². The number of carbonyl (C=O) groups excluding carboxylic acids is 1. The first-order chi connectivity index (χ1) is 14.0. The molecule has 2 aromatic rings. The minimum Gasteiger partial charge on any atom is -0.406 e. The van der Waals surface area contributed by atoms with Crippen LogP contribution in [0.5, 0.6) is 5.75 Å². The number of rotatable bonds is 5. The molecule has 1 saturated heterocycles. The van der Waals surface area contributed by atoms with Crippen molar-refractivity contribution in [2.75, 3.05) is 13.1 Å². The molecule has 0 aromatic heterocycles. The van der Waals surface area contributed by atoms with Gasteiger partial charge in [-0.15, -0.1) is 13.2 Å². The molecular formula is C19H19ClF3N2O4P. The molecule has 0 spiro atoms. The third-order valence-electron chi connectivity index (χ3n) is 4.68. The Labute approximate surface area is 175 Å². The van der Waals surface area contributed by atoms with E-state index in [0.29, 0.717) is 29.5 Å². The van der Waals surface area contributed by atoms with Gasteiger partial charge in [0.25, 0.3) is 5.91 Å². The van der Waals surface area contributed by atoms with Crippen molar-refractivity contribution in [3.8, 4) is 16.9 Å². The summed E-state index contributed by atoms with van der Waals surface area (Å²) in [6.45, 7) is -3.23. The highest BCUT2D eigenvalue weighted by Crippen LogP contribution is 2.51. The summed E-state index contributed by atoms with van der Waals surface area (Å²) in [6.07, 6.45) is -3.85. The Kier molecular flexibility index (Phi) is 6.77. The monoisotopic (exact) mass is 462 g/mol. The zero-order chi connectivity index (χ0) is 21.9. The zero-order valence-corrected chi connectivity index (χ0v) is 17.3. The molecule has 6 nitrogen and oxygen atoms in total. The van der Waals surface area contributed by atoms with E-state index in [-0.39, 0.29) is 30.8 Å². The van der Waals surface area contributed by atoms with Crippen LogP contribution >= 0.6 is 18.1 Å². The molecule has 30 heavy (non-hydrogen) atoms. The number of carbonyl (C=O) groups is 1. The standard InChI is InChI=1S/C19H19ClF3N2O4P/c20-30(27,28)25-9-7-16(8-10-25)24-18(26)15-5-1-3-13(11-15)14-4-2-6-17(12-14)29-19(21,22)23/h1-6,11-12,16H,7-10H2,(H,24,26)(H,27,28). The van der Waals surface area contributed by atoms with Crippen molar-refractivity contribution in [1.82, 2.24) is 9.99 Å². The van der Waals surface area contributed by atoms with Gasteiger partial charge in [-0.05, 0) is 59.5 Å². The highest BCUT2D eigenvalue weighted by Gasteiger charge is 2.32. The van der Waals surface area contributed by atoms with E-state index in [9.17, 15) is 27.4 Å². The van der Waals surface area contributed by atoms with Crippen LogP contribution in [-0.2, 0) is 4.57 Å². The summed E-state index contributed by atoms with van der Waals surface area (Å²) >= 11 is 5.46. The maximum absolute atomic E-state index is 12.6. The van der Waals surface area contributed by atoms with Crippen LogP contribution in [0.3, 0.4) is 0 Å². The third-order valence-corrected chi connectivity index (χ3v) is 6.42. The molecule has 162 valence electrons. The molecular weight excluding hydrogens is 444 g/mol. The summed E-state index contributed by atoms with van der Waals surface area (Å²) in [5.41, 5.74) is 1.39. The molecule has 1 aliphatic heterocycles. The van der Waals surface area contributed by atoms with Gasteiger partial charge >= 0.3 is 13.2 Å². The number of alkyl halides is 3. The molecule has 1 atom stereocenters. The Hall–Kier alpha value is -2.06. The van der Waals surface area contributed by atoms with Gasteiger partial charge in [-0.3, -0.25) is 9.36 Å². The molecule has 0 bridgehead atoms. The van der Waals surface area contributed by atoms with Crippen LogP contribution in [-0.4, -0.2) is 41.0 Å². The first kappa shape index (κ1) is 22.6. The van der Waals surface area contributed by atoms with Crippen LogP contribution in [0.25, 0.3) is 11.1 Å². The van der Waals surface area contributed by atoms with Crippen LogP contribution in [0.15, 0.2) is 48.5 Å². The zero-order valence-electron chi connectivity index (χ0n) is 15.6. The highest BCUT2D eigenvalue weighted by molar-refractivity contribution is 7.82. The fraction of sp³-hybridized carbons (Fsp3) is 0.316. The summed E-state index contributed by atoms with van der Waals surface area (Å²) < 4.78 is 54.0. The van der Waals surface area contributed by atoms with E-state index in [2.05, 4.69) is 10.1 Å². The summed E-state index contributed by atoms with van der Waals surface area (Å²) in [7, 11) is 0. The normalized spacial score (nSPS) is 17.9. The largest absolute Gasteiger partial charge is 0.573 e. The van der Waals surface area contributed by atoms with Crippen LogP contribution in [0.1, 0.15) is 23.2 Å². The third kappa shape index (κ3) is 6.22. The van der Waals surface area contributed by atoms with Crippen LogP contribution < -0.4 is 10.1 Å². The molecule has 1 fully saturated rings. The minimum atomic E-state index is -4.79. The maximum atomic E-state index is 12.6.